The van der Waals surface area contributed by atoms with Gasteiger partial charge in [0.15, 0.2) is 11.5 Å². The minimum Gasteiger partial charge on any atom is -0.391 e. The Hall–Kier alpha value is -1.69. The molecule has 1 unspecified atom stereocenters. The number of hydrogen-bond acceptors (Lipinski definition) is 5. The van der Waals surface area contributed by atoms with E-state index in [2.05, 4.69) is 20.3 Å². The van der Waals surface area contributed by atoms with Crippen molar-refractivity contribution in [3.05, 3.63) is 12.7 Å². The van der Waals surface area contributed by atoms with E-state index in [0.29, 0.717) is 18.3 Å². The maximum Gasteiger partial charge on any atom is 0.165 e. The number of aliphatic hydroxyl groups excluding tert-OH is 1. The van der Waals surface area contributed by atoms with Gasteiger partial charge in [0.2, 0.25) is 0 Å². The predicted octanol–water partition coefficient (Wildman–Crippen LogP) is 1.72. The number of nitrogens with one attached hydrogen (secondary N) is 1. The number of nitrogens with zero attached hydrogens (tertiary/aromatic N) is 4. The lowest BCUT2D eigenvalue weighted by molar-refractivity contribution is 0.0956. The summed E-state index contributed by atoms with van der Waals surface area (Å²) < 4.78 is 1.86. The van der Waals surface area contributed by atoms with Gasteiger partial charge in [0.1, 0.15) is 11.8 Å². The summed E-state index contributed by atoms with van der Waals surface area (Å²) in [5.74, 6) is 1.11. The van der Waals surface area contributed by atoms with Crippen LogP contribution in [0.1, 0.15) is 32.1 Å². The normalized spacial score (nSPS) is 18.3. The third-order valence-electron chi connectivity index (χ3n) is 4.17. The molecule has 3 rings (SSSR count). The molecule has 0 aliphatic heterocycles. The zero-order chi connectivity index (χ0) is 13.9. The summed E-state index contributed by atoms with van der Waals surface area (Å²) in [6.45, 7) is 0.521. The average molecular weight is 275 g/mol. The highest BCUT2D eigenvalue weighted by Gasteiger charge is 2.21. The van der Waals surface area contributed by atoms with Gasteiger partial charge >= 0.3 is 0 Å². The van der Waals surface area contributed by atoms with Crippen LogP contribution < -0.4 is 5.32 Å². The quantitative estimate of drug-likeness (QED) is 0.888. The van der Waals surface area contributed by atoms with Crippen molar-refractivity contribution in [2.75, 3.05) is 11.9 Å². The molecule has 0 saturated heterocycles. The van der Waals surface area contributed by atoms with Crippen LogP contribution in [0.2, 0.25) is 0 Å². The Bertz CT molecular complexity index is 576. The summed E-state index contributed by atoms with van der Waals surface area (Å²) in [6.07, 6.45) is 8.97. The van der Waals surface area contributed by atoms with Crippen LogP contribution in [0.5, 0.6) is 0 Å². The average Bonchev–Trinajstić information content (AvgIpc) is 2.88. The lowest BCUT2D eigenvalue weighted by atomic mass is 9.85. The Morgan fingerprint density at radius 2 is 2.10 bits per heavy atom. The molecule has 0 amide bonds. The van der Waals surface area contributed by atoms with E-state index >= 15 is 0 Å². The summed E-state index contributed by atoms with van der Waals surface area (Å²) in [5, 5.41) is 13.5. The molecule has 20 heavy (non-hydrogen) atoms. The molecular weight excluding hydrogens is 254 g/mol. The lowest BCUT2D eigenvalue weighted by Gasteiger charge is -2.26. The van der Waals surface area contributed by atoms with Crippen LogP contribution in [0.25, 0.3) is 11.2 Å². The van der Waals surface area contributed by atoms with Crippen molar-refractivity contribution in [3.8, 4) is 0 Å². The van der Waals surface area contributed by atoms with Crippen molar-refractivity contribution < 1.29 is 5.11 Å². The first kappa shape index (κ1) is 13.3. The highest BCUT2D eigenvalue weighted by molar-refractivity contribution is 5.82. The largest absolute Gasteiger partial charge is 0.391 e. The van der Waals surface area contributed by atoms with Crippen LogP contribution >= 0.6 is 0 Å². The number of aliphatic hydroxyl groups is 1. The highest BCUT2D eigenvalue weighted by Crippen LogP contribution is 2.26. The van der Waals surface area contributed by atoms with Crippen LogP contribution in [0, 0.1) is 5.92 Å². The van der Waals surface area contributed by atoms with Crippen LogP contribution in [0.3, 0.4) is 0 Å². The second-order valence-corrected chi connectivity index (χ2v) is 5.60. The van der Waals surface area contributed by atoms with Gasteiger partial charge in [-0.15, -0.1) is 0 Å². The molecule has 1 aliphatic rings. The topological polar surface area (TPSA) is 75.9 Å². The standard InChI is InChI=1S/C14H21N5O/c1-19-9-18-12-13(16-8-17-14(12)19)15-7-11(20)10-5-3-2-4-6-10/h8-11,20H,2-7H2,1H3,(H,15,16,17). The van der Waals surface area contributed by atoms with E-state index < -0.39 is 0 Å². The van der Waals surface area contributed by atoms with Gasteiger partial charge in [-0.25, -0.2) is 15.0 Å². The molecule has 2 N–H and O–H groups in total. The van der Waals surface area contributed by atoms with Crippen LogP contribution in [0.15, 0.2) is 12.7 Å². The molecule has 2 heterocycles. The molecule has 108 valence electrons. The number of aromatic nitrogens is 4. The van der Waals surface area contributed by atoms with Gasteiger partial charge in [-0.1, -0.05) is 19.3 Å². The van der Waals surface area contributed by atoms with Crippen molar-refractivity contribution in [1.29, 1.82) is 0 Å². The first-order chi connectivity index (χ1) is 9.75. The summed E-state index contributed by atoms with van der Waals surface area (Å²) in [5.41, 5.74) is 1.56. The Labute approximate surface area is 118 Å². The summed E-state index contributed by atoms with van der Waals surface area (Å²) >= 11 is 0. The van der Waals surface area contributed by atoms with Crippen LogP contribution in [-0.2, 0) is 7.05 Å². The smallest absolute Gasteiger partial charge is 0.165 e. The van der Waals surface area contributed by atoms with E-state index in [9.17, 15) is 5.11 Å². The Morgan fingerprint density at radius 1 is 1.30 bits per heavy atom. The van der Waals surface area contributed by atoms with Crippen LogP contribution in [-0.4, -0.2) is 37.3 Å². The van der Waals surface area contributed by atoms with E-state index in [1.807, 2.05) is 11.6 Å². The molecule has 1 atom stereocenters. The zero-order valence-corrected chi connectivity index (χ0v) is 11.8. The molecule has 1 fully saturated rings. The summed E-state index contributed by atoms with van der Waals surface area (Å²) in [4.78, 5) is 12.7. The van der Waals surface area contributed by atoms with Crippen molar-refractivity contribution in [2.24, 2.45) is 13.0 Å². The number of rotatable bonds is 4. The SMILES string of the molecule is Cn1cnc2c(NCC(O)C3CCCCC3)ncnc21. The van der Waals surface area contributed by atoms with E-state index in [4.69, 9.17) is 0 Å². The number of imidazole rings is 1. The fourth-order valence-corrected chi connectivity index (χ4v) is 2.96. The third-order valence-corrected chi connectivity index (χ3v) is 4.17. The fourth-order valence-electron chi connectivity index (χ4n) is 2.96. The molecule has 2 aromatic heterocycles. The number of fused-ring (bicyclic) bond motifs is 1. The second kappa shape index (κ2) is 5.75. The maximum atomic E-state index is 10.3. The van der Waals surface area contributed by atoms with E-state index in [-0.39, 0.29) is 6.10 Å². The monoisotopic (exact) mass is 275 g/mol. The molecular formula is C14H21N5O. The molecule has 6 heteroatoms. The van der Waals surface area contributed by atoms with Gasteiger partial charge in [0, 0.05) is 13.6 Å². The third kappa shape index (κ3) is 2.60. The molecule has 0 bridgehead atoms. The van der Waals surface area contributed by atoms with Crippen LogP contribution in [0.4, 0.5) is 5.82 Å². The van der Waals surface area contributed by atoms with Crippen molar-refractivity contribution in [3.63, 3.8) is 0 Å². The maximum absolute atomic E-state index is 10.3. The number of hydrogen-bond donors (Lipinski definition) is 2. The molecule has 0 radical (unpaired) electrons. The summed E-state index contributed by atoms with van der Waals surface area (Å²) in [6, 6.07) is 0. The van der Waals surface area contributed by atoms with E-state index in [1.165, 1.54) is 25.6 Å². The zero-order valence-electron chi connectivity index (χ0n) is 11.8. The van der Waals surface area contributed by atoms with E-state index in [1.54, 1.807) is 6.33 Å². The van der Waals surface area contributed by atoms with Gasteiger partial charge in [0.05, 0.1) is 12.4 Å². The van der Waals surface area contributed by atoms with Gasteiger partial charge in [-0.3, -0.25) is 0 Å². The lowest BCUT2D eigenvalue weighted by Crippen LogP contribution is -2.30. The highest BCUT2D eigenvalue weighted by atomic mass is 16.3. The first-order valence-corrected chi connectivity index (χ1v) is 7.29. The number of anilines is 1. The Morgan fingerprint density at radius 3 is 2.90 bits per heavy atom. The Kier molecular flexibility index (Phi) is 3.82. The minimum absolute atomic E-state index is 0.316. The minimum atomic E-state index is -0.316. The predicted molar refractivity (Wildman–Crippen MR) is 77.4 cm³/mol. The van der Waals surface area contributed by atoms with Crippen molar-refractivity contribution in [2.45, 2.75) is 38.2 Å². The van der Waals surface area contributed by atoms with Crippen molar-refractivity contribution in [1.82, 2.24) is 19.5 Å². The van der Waals surface area contributed by atoms with Crippen molar-refractivity contribution >= 4 is 17.0 Å². The van der Waals surface area contributed by atoms with Gasteiger partial charge < -0.3 is 15.0 Å². The fraction of sp³-hybridized carbons (Fsp3) is 0.643. The molecule has 2 aromatic rings. The van der Waals surface area contributed by atoms with Gasteiger partial charge in [-0.05, 0) is 18.8 Å². The molecule has 1 saturated carbocycles. The second-order valence-electron chi connectivity index (χ2n) is 5.60. The summed E-state index contributed by atoms with van der Waals surface area (Å²) in [7, 11) is 1.91. The number of aryl methyl sites for hydroxylation is 1. The molecule has 6 nitrogen and oxygen atoms in total. The molecule has 0 aromatic carbocycles. The van der Waals surface area contributed by atoms with Gasteiger partial charge in [-0.2, -0.15) is 0 Å². The van der Waals surface area contributed by atoms with Gasteiger partial charge in [0.25, 0.3) is 0 Å². The first-order valence-electron chi connectivity index (χ1n) is 7.29. The molecule has 1 aliphatic carbocycles. The Balaban J connectivity index is 1.67. The van der Waals surface area contributed by atoms with E-state index in [0.717, 1.165) is 24.0 Å². The molecule has 0 spiro atoms.